The van der Waals surface area contributed by atoms with E-state index in [0.29, 0.717) is 11.1 Å². The number of phenolic OH excluding ortho intramolecular Hbond substituents is 1. The lowest BCUT2D eigenvalue weighted by molar-refractivity contribution is 0.101. The van der Waals surface area contributed by atoms with Gasteiger partial charge in [0.05, 0.1) is 15.6 Å². The minimum atomic E-state index is -3.98. The number of sulfonamides is 1. The number of rotatable bonds is 6. The summed E-state index contributed by atoms with van der Waals surface area (Å²) in [4.78, 5) is 11.5. The standard InChI is InChI=1S/C19H18ClNO4S/c1-5-15-16(6-2)19(23)17(20)11-18(15)21(4)26(24,25)14-9-7-8-13(10-14)12(3)22/h5-11,23H,1-2H2,3-4H3. The maximum absolute atomic E-state index is 13.0. The first kappa shape index (κ1) is 19.8. The fourth-order valence-electron chi connectivity index (χ4n) is 2.51. The monoisotopic (exact) mass is 391 g/mol. The predicted molar refractivity (Wildman–Crippen MR) is 105 cm³/mol. The molecule has 0 radical (unpaired) electrons. The van der Waals surface area contributed by atoms with E-state index in [1.165, 1.54) is 50.4 Å². The molecule has 0 aliphatic heterocycles. The molecule has 0 amide bonds. The number of hydrogen-bond donors (Lipinski definition) is 1. The summed E-state index contributed by atoms with van der Waals surface area (Å²) < 4.78 is 27.1. The fourth-order valence-corrected chi connectivity index (χ4v) is 3.96. The van der Waals surface area contributed by atoms with E-state index in [4.69, 9.17) is 11.6 Å². The van der Waals surface area contributed by atoms with Crippen LogP contribution in [-0.2, 0) is 10.0 Å². The Morgan fingerprint density at radius 3 is 2.35 bits per heavy atom. The van der Waals surface area contributed by atoms with Gasteiger partial charge in [-0.3, -0.25) is 9.10 Å². The Morgan fingerprint density at radius 2 is 1.81 bits per heavy atom. The van der Waals surface area contributed by atoms with Gasteiger partial charge in [-0.1, -0.05) is 49.0 Å². The van der Waals surface area contributed by atoms with E-state index < -0.39 is 10.0 Å². The zero-order valence-electron chi connectivity index (χ0n) is 14.4. The molecule has 2 aromatic rings. The number of phenols is 1. The molecule has 0 fully saturated rings. The molecule has 5 nitrogen and oxygen atoms in total. The van der Waals surface area contributed by atoms with Gasteiger partial charge in [0, 0.05) is 23.7 Å². The molecule has 0 heterocycles. The van der Waals surface area contributed by atoms with E-state index in [1.807, 2.05) is 0 Å². The highest BCUT2D eigenvalue weighted by Gasteiger charge is 2.26. The van der Waals surface area contributed by atoms with Gasteiger partial charge in [0.25, 0.3) is 10.0 Å². The summed E-state index contributed by atoms with van der Waals surface area (Å²) in [6.45, 7) is 8.66. The summed E-state index contributed by atoms with van der Waals surface area (Å²) in [6, 6.07) is 7.11. The van der Waals surface area contributed by atoms with Crippen LogP contribution in [0.5, 0.6) is 5.75 Å². The van der Waals surface area contributed by atoms with Gasteiger partial charge >= 0.3 is 0 Å². The van der Waals surface area contributed by atoms with Gasteiger partial charge in [-0.15, -0.1) is 0 Å². The van der Waals surface area contributed by atoms with Crippen LogP contribution in [-0.4, -0.2) is 26.4 Å². The van der Waals surface area contributed by atoms with Crippen molar-refractivity contribution in [2.45, 2.75) is 11.8 Å². The Labute approximate surface area is 157 Å². The van der Waals surface area contributed by atoms with Gasteiger partial charge in [-0.2, -0.15) is 0 Å². The minimum absolute atomic E-state index is 0.0139. The SMILES string of the molecule is C=Cc1c(N(C)S(=O)(=O)c2cccc(C(C)=O)c2)cc(Cl)c(O)c1C=C. The largest absolute Gasteiger partial charge is 0.506 e. The van der Waals surface area contributed by atoms with Crippen molar-refractivity contribution < 1.29 is 18.3 Å². The number of anilines is 1. The van der Waals surface area contributed by atoms with Crippen molar-refractivity contribution in [2.24, 2.45) is 0 Å². The Bertz CT molecular complexity index is 1010. The number of nitrogens with zero attached hydrogens (tertiary/aromatic N) is 1. The number of benzene rings is 2. The lowest BCUT2D eigenvalue weighted by atomic mass is 10.0. The summed E-state index contributed by atoms with van der Waals surface area (Å²) >= 11 is 6.04. The number of aromatic hydroxyl groups is 1. The van der Waals surface area contributed by atoms with Crippen molar-refractivity contribution in [3.05, 3.63) is 65.2 Å². The number of ketones is 1. The summed E-state index contributed by atoms with van der Waals surface area (Å²) in [5.74, 6) is -0.442. The second-order valence-corrected chi connectivity index (χ2v) is 7.89. The van der Waals surface area contributed by atoms with Gasteiger partial charge < -0.3 is 5.11 Å². The second-order valence-electron chi connectivity index (χ2n) is 5.52. The van der Waals surface area contributed by atoms with Crippen molar-refractivity contribution in [3.63, 3.8) is 0 Å². The lowest BCUT2D eigenvalue weighted by Crippen LogP contribution is -2.27. The van der Waals surface area contributed by atoms with Crippen LogP contribution in [0.2, 0.25) is 5.02 Å². The van der Waals surface area contributed by atoms with Crippen LogP contribution in [0.4, 0.5) is 5.69 Å². The van der Waals surface area contributed by atoms with E-state index in [2.05, 4.69) is 13.2 Å². The van der Waals surface area contributed by atoms with Gasteiger partial charge in [0.15, 0.2) is 5.78 Å². The lowest BCUT2D eigenvalue weighted by Gasteiger charge is -2.23. The first-order chi connectivity index (χ1) is 12.1. The molecule has 0 saturated heterocycles. The topological polar surface area (TPSA) is 74.7 Å². The van der Waals surface area contributed by atoms with Gasteiger partial charge in [-0.25, -0.2) is 8.42 Å². The van der Waals surface area contributed by atoms with E-state index in [1.54, 1.807) is 6.07 Å². The maximum atomic E-state index is 13.0. The molecule has 0 aliphatic carbocycles. The van der Waals surface area contributed by atoms with Crippen molar-refractivity contribution in [2.75, 3.05) is 11.4 Å². The molecule has 136 valence electrons. The van der Waals surface area contributed by atoms with E-state index in [-0.39, 0.29) is 32.7 Å². The molecule has 2 rings (SSSR count). The first-order valence-electron chi connectivity index (χ1n) is 7.55. The smallest absolute Gasteiger partial charge is 0.264 e. The molecule has 0 aromatic heterocycles. The van der Waals surface area contributed by atoms with Crippen LogP contribution in [0.25, 0.3) is 12.2 Å². The molecule has 7 heteroatoms. The first-order valence-corrected chi connectivity index (χ1v) is 9.37. The molecule has 0 aliphatic rings. The molecular weight excluding hydrogens is 374 g/mol. The highest BCUT2D eigenvalue weighted by atomic mass is 35.5. The van der Waals surface area contributed by atoms with Crippen LogP contribution in [0, 0.1) is 0 Å². The molecule has 0 bridgehead atoms. The van der Waals surface area contributed by atoms with Crippen LogP contribution in [0.15, 0.2) is 48.4 Å². The average molecular weight is 392 g/mol. The van der Waals surface area contributed by atoms with Crippen LogP contribution in [0.1, 0.15) is 28.4 Å². The quantitative estimate of drug-likeness (QED) is 0.742. The third-order valence-electron chi connectivity index (χ3n) is 3.96. The third kappa shape index (κ3) is 3.38. The Kier molecular flexibility index (Phi) is 5.59. The van der Waals surface area contributed by atoms with Crippen molar-refractivity contribution in [3.8, 4) is 5.75 Å². The van der Waals surface area contributed by atoms with Crippen LogP contribution >= 0.6 is 11.6 Å². The average Bonchev–Trinajstić information content (AvgIpc) is 2.62. The third-order valence-corrected chi connectivity index (χ3v) is 6.01. The second kappa shape index (κ2) is 7.35. The number of halogens is 1. The highest BCUT2D eigenvalue weighted by molar-refractivity contribution is 7.92. The number of hydrogen-bond acceptors (Lipinski definition) is 4. The Balaban J connectivity index is 2.68. The van der Waals surface area contributed by atoms with E-state index in [0.717, 1.165) is 4.31 Å². The number of Topliss-reactive ketones (excluding diaryl/α,β-unsaturated/α-hetero) is 1. The maximum Gasteiger partial charge on any atom is 0.264 e. The zero-order valence-corrected chi connectivity index (χ0v) is 15.9. The normalized spacial score (nSPS) is 11.0. The van der Waals surface area contributed by atoms with Crippen molar-refractivity contribution in [1.82, 2.24) is 0 Å². The summed E-state index contributed by atoms with van der Waals surface area (Å²) in [6.07, 6.45) is 2.79. The Morgan fingerprint density at radius 1 is 1.19 bits per heavy atom. The molecule has 1 N–H and O–H groups in total. The van der Waals surface area contributed by atoms with Gasteiger partial charge in [-0.05, 0) is 25.1 Å². The zero-order chi connectivity index (χ0) is 19.6. The molecule has 0 unspecified atom stereocenters. The molecule has 26 heavy (non-hydrogen) atoms. The summed E-state index contributed by atoms with van der Waals surface area (Å²) in [5.41, 5.74) is 1.17. The van der Waals surface area contributed by atoms with E-state index in [9.17, 15) is 18.3 Å². The minimum Gasteiger partial charge on any atom is -0.506 e. The number of carbonyl (C=O) groups is 1. The van der Waals surface area contributed by atoms with Gasteiger partial charge in [0.2, 0.25) is 0 Å². The molecule has 0 saturated carbocycles. The predicted octanol–water partition coefficient (Wildman–Crippen LogP) is 4.36. The van der Waals surface area contributed by atoms with Crippen LogP contribution in [0.3, 0.4) is 0 Å². The van der Waals surface area contributed by atoms with Crippen molar-refractivity contribution in [1.29, 1.82) is 0 Å². The molecular formula is C19H18ClNO4S. The number of carbonyl (C=O) groups excluding carboxylic acids is 1. The van der Waals surface area contributed by atoms with Crippen LogP contribution < -0.4 is 4.31 Å². The van der Waals surface area contributed by atoms with Gasteiger partial charge in [0.1, 0.15) is 5.75 Å². The molecule has 2 aromatic carbocycles. The fraction of sp³-hybridized carbons (Fsp3) is 0.105. The van der Waals surface area contributed by atoms with E-state index >= 15 is 0 Å². The molecule has 0 atom stereocenters. The van der Waals surface area contributed by atoms with Crippen molar-refractivity contribution >= 4 is 45.2 Å². The summed E-state index contributed by atoms with van der Waals surface area (Å²) in [7, 11) is -2.62. The highest BCUT2D eigenvalue weighted by Crippen LogP contribution is 2.39. The molecule has 0 spiro atoms. The Hall–Kier alpha value is -2.57. The summed E-state index contributed by atoms with van der Waals surface area (Å²) in [5, 5.41) is 10.1.